The van der Waals surface area contributed by atoms with E-state index in [-0.39, 0.29) is 16.0 Å². The predicted octanol–water partition coefficient (Wildman–Crippen LogP) is 4.39. The van der Waals surface area contributed by atoms with E-state index in [2.05, 4.69) is 5.32 Å². The molecule has 0 unspecified atom stereocenters. The molecule has 4 aliphatic carbocycles. The maximum absolute atomic E-state index is 12.7. The van der Waals surface area contributed by atoms with E-state index in [0.29, 0.717) is 22.8 Å². The second-order valence-corrected chi connectivity index (χ2v) is 8.99. The lowest BCUT2D eigenvalue weighted by Crippen LogP contribution is -2.59. The van der Waals surface area contributed by atoms with Gasteiger partial charge in [0.1, 0.15) is 6.04 Å². The SMILES string of the molecule is O=C(N[C@H](C(=O)O)C12CC3CC(CC(C3)C1)C2)c1ccc(Cl)cc1Cl. The predicted molar refractivity (Wildman–Crippen MR) is 96.0 cm³/mol. The fourth-order valence-electron chi connectivity index (χ4n) is 5.89. The number of carbonyl (C=O) groups is 2. The Morgan fingerprint density at radius 3 is 2.12 bits per heavy atom. The standard InChI is InChI=1S/C19H21Cl2NO3/c20-13-1-2-14(15(21)6-13)17(23)22-16(18(24)25)19-7-10-3-11(8-19)5-12(4-10)9-19/h1-2,6,10-12,16H,3-5,7-9H2,(H,22,23)(H,24,25)/t10?,11?,12?,16-,19?/m1/s1. The third-order valence-electron chi connectivity index (χ3n) is 6.40. The van der Waals surface area contributed by atoms with Gasteiger partial charge in [-0.15, -0.1) is 0 Å². The van der Waals surface area contributed by atoms with Gasteiger partial charge in [-0.2, -0.15) is 0 Å². The molecule has 0 aliphatic heterocycles. The molecule has 134 valence electrons. The van der Waals surface area contributed by atoms with Crippen molar-refractivity contribution in [1.29, 1.82) is 0 Å². The van der Waals surface area contributed by atoms with Crippen molar-refractivity contribution in [1.82, 2.24) is 5.32 Å². The maximum Gasteiger partial charge on any atom is 0.326 e. The Morgan fingerprint density at radius 2 is 1.64 bits per heavy atom. The fourth-order valence-corrected chi connectivity index (χ4v) is 6.38. The van der Waals surface area contributed by atoms with Crippen LogP contribution < -0.4 is 5.32 Å². The van der Waals surface area contributed by atoms with Crippen LogP contribution in [0.2, 0.25) is 10.0 Å². The molecule has 1 atom stereocenters. The van der Waals surface area contributed by atoms with Crippen LogP contribution in [0, 0.1) is 23.2 Å². The van der Waals surface area contributed by atoms with Gasteiger partial charge in [-0.1, -0.05) is 23.2 Å². The van der Waals surface area contributed by atoms with Gasteiger partial charge in [-0.3, -0.25) is 4.79 Å². The average molecular weight is 382 g/mol. The van der Waals surface area contributed by atoms with Crippen LogP contribution in [0.4, 0.5) is 0 Å². The number of carboxylic acid groups (broad SMARTS) is 1. The van der Waals surface area contributed by atoms with Gasteiger partial charge >= 0.3 is 5.97 Å². The van der Waals surface area contributed by atoms with E-state index < -0.39 is 17.9 Å². The van der Waals surface area contributed by atoms with E-state index in [4.69, 9.17) is 23.2 Å². The topological polar surface area (TPSA) is 66.4 Å². The molecule has 1 aromatic rings. The Labute approximate surface area is 156 Å². The van der Waals surface area contributed by atoms with E-state index in [9.17, 15) is 14.7 Å². The first-order valence-corrected chi connectivity index (χ1v) is 9.60. The molecular weight excluding hydrogens is 361 g/mol. The van der Waals surface area contributed by atoms with Crippen molar-refractivity contribution in [3.63, 3.8) is 0 Å². The highest BCUT2D eigenvalue weighted by molar-refractivity contribution is 6.36. The number of hydrogen-bond acceptors (Lipinski definition) is 2. The minimum absolute atomic E-state index is 0.236. The Bertz CT molecular complexity index is 698. The molecule has 4 saturated carbocycles. The molecule has 2 N–H and O–H groups in total. The molecule has 4 aliphatic rings. The minimum atomic E-state index is -0.944. The van der Waals surface area contributed by atoms with E-state index in [1.807, 2.05) is 0 Å². The molecule has 5 rings (SSSR count). The fraction of sp³-hybridized carbons (Fsp3) is 0.579. The highest BCUT2D eigenvalue weighted by Crippen LogP contribution is 2.61. The first-order valence-electron chi connectivity index (χ1n) is 8.85. The van der Waals surface area contributed by atoms with Crippen molar-refractivity contribution in [2.24, 2.45) is 23.2 Å². The van der Waals surface area contributed by atoms with Gasteiger partial charge < -0.3 is 10.4 Å². The van der Waals surface area contributed by atoms with Crippen LogP contribution in [-0.2, 0) is 4.79 Å². The second kappa shape index (κ2) is 6.17. The zero-order valence-electron chi connectivity index (χ0n) is 13.8. The van der Waals surface area contributed by atoms with Crippen LogP contribution in [0.15, 0.2) is 18.2 Å². The number of amides is 1. The lowest BCUT2D eigenvalue weighted by atomic mass is 9.47. The van der Waals surface area contributed by atoms with Gasteiger partial charge in [-0.25, -0.2) is 4.79 Å². The number of halogens is 2. The zero-order chi connectivity index (χ0) is 17.8. The summed E-state index contributed by atoms with van der Waals surface area (Å²) in [4.78, 5) is 24.7. The number of rotatable bonds is 4. The lowest BCUT2D eigenvalue weighted by molar-refractivity contribution is -0.150. The van der Waals surface area contributed by atoms with E-state index in [0.717, 1.165) is 19.3 Å². The quantitative estimate of drug-likeness (QED) is 0.812. The van der Waals surface area contributed by atoms with Gasteiger partial charge in [0.2, 0.25) is 0 Å². The Balaban J connectivity index is 1.60. The summed E-state index contributed by atoms with van der Waals surface area (Å²) in [5.74, 6) is 0.461. The average Bonchev–Trinajstić information content (AvgIpc) is 2.50. The van der Waals surface area contributed by atoms with Gasteiger partial charge in [0.05, 0.1) is 10.6 Å². The summed E-state index contributed by atoms with van der Waals surface area (Å²) in [7, 11) is 0. The van der Waals surface area contributed by atoms with Gasteiger partial charge in [0.25, 0.3) is 5.91 Å². The molecule has 4 nitrogen and oxygen atoms in total. The molecule has 4 fully saturated rings. The molecular formula is C19H21Cl2NO3. The minimum Gasteiger partial charge on any atom is -0.480 e. The van der Waals surface area contributed by atoms with Crippen LogP contribution in [0.25, 0.3) is 0 Å². The second-order valence-electron chi connectivity index (χ2n) is 8.15. The summed E-state index contributed by atoms with van der Waals surface area (Å²) >= 11 is 12.0. The van der Waals surface area contributed by atoms with Crippen LogP contribution in [0.3, 0.4) is 0 Å². The third-order valence-corrected chi connectivity index (χ3v) is 6.94. The molecule has 1 amide bonds. The summed E-state index contributed by atoms with van der Waals surface area (Å²) in [6.07, 6.45) is 6.40. The summed E-state index contributed by atoms with van der Waals surface area (Å²) in [5, 5.41) is 13.3. The molecule has 0 radical (unpaired) electrons. The van der Waals surface area contributed by atoms with Crippen molar-refractivity contribution in [3.05, 3.63) is 33.8 Å². The molecule has 0 heterocycles. The van der Waals surface area contributed by atoms with Crippen molar-refractivity contribution in [2.45, 2.75) is 44.6 Å². The Kier molecular flexibility index (Phi) is 4.24. The number of carboxylic acids is 1. The van der Waals surface area contributed by atoms with Gasteiger partial charge in [-0.05, 0) is 74.5 Å². The van der Waals surface area contributed by atoms with Crippen molar-refractivity contribution < 1.29 is 14.7 Å². The van der Waals surface area contributed by atoms with Crippen LogP contribution in [-0.4, -0.2) is 23.0 Å². The molecule has 0 saturated heterocycles. The molecule has 0 aromatic heterocycles. The zero-order valence-corrected chi connectivity index (χ0v) is 15.3. The highest BCUT2D eigenvalue weighted by Gasteiger charge is 2.56. The number of aliphatic carboxylic acids is 1. The number of carbonyl (C=O) groups excluding carboxylic acids is 1. The van der Waals surface area contributed by atoms with Gasteiger partial charge in [0, 0.05) is 10.4 Å². The molecule has 25 heavy (non-hydrogen) atoms. The smallest absolute Gasteiger partial charge is 0.326 e. The van der Waals surface area contributed by atoms with Crippen molar-refractivity contribution in [2.75, 3.05) is 0 Å². The molecule has 6 heteroatoms. The number of hydrogen-bond donors (Lipinski definition) is 2. The summed E-state index contributed by atoms with van der Waals surface area (Å²) in [6.45, 7) is 0. The van der Waals surface area contributed by atoms with E-state index >= 15 is 0 Å². The molecule has 0 spiro atoms. The molecule has 1 aromatic carbocycles. The largest absolute Gasteiger partial charge is 0.480 e. The summed E-state index contributed by atoms with van der Waals surface area (Å²) in [5.41, 5.74) is -0.0446. The number of nitrogens with one attached hydrogen (secondary N) is 1. The normalized spacial score (nSPS) is 33.9. The monoisotopic (exact) mass is 381 g/mol. The van der Waals surface area contributed by atoms with Crippen molar-refractivity contribution in [3.8, 4) is 0 Å². The Morgan fingerprint density at radius 1 is 1.08 bits per heavy atom. The summed E-state index contributed by atoms with van der Waals surface area (Å²) < 4.78 is 0. The first kappa shape index (κ1) is 17.2. The summed E-state index contributed by atoms with van der Waals surface area (Å²) in [6, 6.07) is 3.76. The van der Waals surface area contributed by atoms with E-state index in [1.54, 1.807) is 12.1 Å². The first-order chi connectivity index (χ1) is 11.9. The Hall–Kier alpha value is -1.26. The van der Waals surface area contributed by atoms with Crippen molar-refractivity contribution >= 4 is 35.1 Å². The third kappa shape index (κ3) is 3.04. The molecule has 4 bridgehead atoms. The lowest BCUT2D eigenvalue weighted by Gasteiger charge is -2.58. The van der Waals surface area contributed by atoms with Crippen LogP contribution in [0.1, 0.15) is 48.9 Å². The van der Waals surface area contributed by atoms with Gasteiger partial charge in [0.15, 0.2) is 0 Å². The van der Waals surface area contributed by atoms with Crippen LogP contribution >= 0.6 is 23.2 Å². The maximum atomic E-state index is 12.7. The van der Waals surface area contributed by atoms with E-state index in [1.165, 1.54) is 25.3 Å². The number of benzene rings is 1. The highest BCUT2D eigenvalue weighted by atomic mass is 35.5. The van der Waals surface area contributed by atoms with Crippen LogP contribution in [0.5, 0.6) is 0 Å².